The molecule has 2 fully saturated rings. The summed E-state index contributed by atoms with van der Waals surface area (Å²) in [7, 11) is -4.14. The van der Waals surface area contributed by atoms with E-state index in [0.717, 1.165) is 30.6 Å². The van der Waals surface area contributed by atoms with Crippen LogP contribution in [0.25, 0.3) is 16.7 Å². The van der Waals surface area contributed by atoms with Gasteiger partial charge in [0.25, 0.3) is 0 Å². The van der Waals surface area contributed by atoms with Crippen molar-refractivity contribution in [1.82, 2.24) is 4.98 Å². The number of nitrogens with two attached hydrogens (primary N) is 1. The van der Waals surface area contributed by atoms with E-state index in [0.29, 0.717) is 22.7 Å². The first-order chi connectivity index (χ1) is 18.6. The number of fused-ring (bicyclic) bond motifs is 1. The van der Waals surface area contributed by atoms with Gasteiger partial charge < -0.3 is 19.9 Å². The van der Waals surface area contributed by atoms with E-state index in [1.54, 1.807) is 12.3 Å². The molecule has 2 heterocycles. The van der Waals surface area contributed by atoms with Crippen molar-refractivity contribution in [1.29, 1.82) is 0 Å². The van der Waals surface area contributed by atoms with Gasteiger partial charge in [-0.25, -0.2) is 5.14 Å². The number of hydrogen-bond acceptors (Lipinski definition) is 8. The van der Waals surface area contributed by atoms with E-state index in [4.69, 9.17) is 9.56 Å². The number of aromatic nitrogens is 1. The van der Waals surface area contributed by atoms with Crippen molar-refractivity contribution in [2.24, 2.45) is 17.0 Å². The molecule has 2 aliphatic rings. The Kier molecular flexibility index (Phi) is 9.66. The molecule has 1 unspecified atom stereocenters. The van der Waals surface area contributed by atoms with Crippen LogP contribution in [0.4, 0.5) is 5.69 Å². The van der Waals surface area contributed by atoms with Gasteiger partial charge in [0.2, 0.25) is 0 Å². The molecular formula is C29H41N3O6S. The second-order valence-electron chi connectivity index (χ2n) is 10.8. The van der Waals surface area contributed by atoms with Crippen LogP contribution in [-0.2, 0) is 14.5 Å². The zero-order valence-electron chi connectivity index (χ0n) is 23.0. The largest absolute Gasteiger partial charge is 0.452 e. The smallest absolute Gasteiger partial charge is 0.333 e. The van der Waals surface area contributed by atoms with Gasteiger partial charge >= 0.3 is 10.3 Å². The summed E-state index contributed by atoms with van der Waals surface area (Å²) in [6.45, 7) is 6.13. The molecule has 0 aliphatic heterocycles. The topological polar surface area (TPSA) is 148 Å². The molecule has 2 saturated carbocycles. The third-order valence-electron chi connectivity index (χ3n) is 7.85. The third-order valence-corrected chi connectivity index (χ3v) is 8.32. The minimum Gasteiger partial charge on any atom is -0.452 e. The number of anilines is 1. The highest BCUT2D eigenvalue weighted by molar-refractivity contribution is 7.84. The molecule has 39 heavy (non-hydrogen) atoms. The maximum absolute atomic E-state index is 11.2. The van der Waals surface area contributed by atoms with Crippen LogP contribution < -0.4 is 10.5 Å². The Morgan fingerprint density at radius 3 is 2.77 bits per heavy atom. The summed E-state index contributed by atoms with van der Waals surface area (Å²) in [5, 5.41) is 29.3. The quantitative estimate of drug-likeness (QED) is 0.377. The van der Waals surface area contributed by atoms with Gasteiger partial charge in [-0.2, -0.15) is 8.42 Å². The predicted molar refractivity (Wildman–Crippen MR) is 153 cm³/mol. The Hall–Kier alpha value is -2.50. The van der Waals surface area contributed by atoms with Crippen molar-refractivity contribution < 1.29 is 27.2 Å². The molecule has 2 aromatic heterocycles. The first-order valence-electron chi connectivity index (χ1n) is 13.8. The maximum atomic E-state index is 11.2. The molecule has 0 amide bonds. The fourth-order valence-electron chi connectivity index (χ4n) is 5.83. The Morgan fingerprint density at radius 2 is 2.05 bits per heavy atom. The van der Waals surface area contributed by atoms with Gasteiger partial charge in [-0.1, -0.05) is 44.4 Å². The molecule has 0 saturated heterocycles. The summed E-state index contributed by atoms with van der Waals surface area (Å²) in [6.07, 6.45) is 12.9. The summed E-state index contributed by atoms with van der Waals surface area (Å²) in [5.41, 5.74) is 5.60. The van der Waals surface area contributed by atoms with E-state index in [9.17, 15) is 18.6 Å². The lowest BCUT2D eigenvalue weighted by atomic mass is 9.88. The third kappa shape index (κ3) is 7.18. The van der Waals surface area contributed by atoms with Crippen molar-refractivity contribution in [2.75, 3.05) is 11.9 Å². The Labute approximate surface area is 231 Å². The lowest BCUT2D eigenvalue weighted by Gasteiger charge is -2.19. The summed E-state index contributed by atoms with van der Waals surface area (Å²) in [6, 6.07) is 3.17. The first-order valence-corrected chi connectivity index (χ1v) is 15.3. The fraction of sp³-hybridized carbons (Fsp3) is 0.552. The molecule has 214 valence electrons. The van der Waals surface area contributed by atoms with Crippen molar-refractivity contribution in [3.05, 3.63) is 53.5 Å². The number of rotatable bonds is 7. The number of hydrogen-bond donors (Lipinski definition) is 4. The predicted octanol–water partition coefficient (Wildman–Crippen LogP) is 4.84. The van der Waals surface area contributed by atoms with Crippen LogP contribution in [0.2, 0.25) is 0 Å². The molecule has 0 spiro atoms. The van der Waals surface area contributed by atoms with Crippen LogP contribution in [0.15, 0.2) is 52.1 Å². The number of aliphatic hydroxyl groups is 2. The lowest BCUT2D eigenvalue weighted by Crippen LogP contribution is -2.35. The average molecular weight is 560 g/mol. The minimum absolute atomic E-state index is 0.284. The van der Waals surface area contributed by atoms with Crippen molar-refractivity contribution >= 4 is 32.7 Å². The number of pyridine rings is 1. The number of furan rings is 1. The van der Waals surface area contributed by atoms with E-state index < -0.39 is 34.5 Å². The normalized spacial score (nSPS) is 29.5. The van der Waals surface area contributed by atoms with E-state index in [-0.39, 0.29) is 13.0 Å². The highest BCUT2D eigenvalue weighted by Crippen LogP contribution is 2.38. The second-order valence-corrected chi connectivity index (χ2v) is 12.0. The molecule has 0 aromatic carbocycles. The van der Waals surface area contributed by atoms with Gasteiger partial charge in [-0.05, 0) is 62.7 Å². The Bertz CT molecular complexity index is 1350. The molecule has 0 radical (unpaired) electrons. The van der Waals surface area contributed by atoms with Crippen LogP contribution in [0.3, 0.4) is 0 Å². The van der Waals surface area contributed by atoms with Gasteiger partial charge in [0.1, 0.15) is 17.4 Å². The molecule has 2 aliphatic carbocycles. The van der Waals surface area contributed by atoms with Gasteiger partial charge in [0.15, 0.2) is 5.58 Å². The van der Waals surface area contributed by atoms with Gasteiger partial charge in [0, 0.05) is 23.8 Å². The summed E-state index contributed by atoms with van der Waals surface area (Å²) in [4.78, 5) is 4.52. The zero-order valence-corrected chi connectivity index (χ0v) is 23.8. The summed E-state index contributed by atoms with van der Waals surface area (Å²) >= 11 is 0. The van der Waals surface area contributed by atoms with Crippen LogP contribution in [0, 0.1) is 11.8 Å². The van der Waals surface area contributed by atoms with E-state index in [2.05, 4.69) is 40.5 Å². The second kappa shape index (κ2) is 12.8. The first kappa shape index (κ1) is 29.5. The molecule has 4 rings (SSSR count). The molecule has 2 aromatic rings. The lowest BCUT2D eigenvalue weighted by molar-refractivity contribution is 0.00781. The highest BCUT2D eigenvalue weighted by atomic mass is 32.2. The van der Waals surface area contributed by atoms with Crippen molar-refractivity contribution in [2.45, 2.75) is 84.0 Å². The minimum atomic E-state index is -4.14. The molecular weight excluding hydrogens is 518 g/mol. The molecule has 10 heteroatoms. The molecule has 9 nitrogen and oxygen atoms in total. The van der Waals surface area contributed by atoms with Gasteiger partial charge in [0.05, 0.1) is 24.4 Å². The summed E-state index contributed by atoms with van der Waals surface area (Å²) in [5.74, 6) is 0.755. The monoisotopic (exact) mass is 559 g/mol. The molecule has 0 bridgehead atoms. The van der Waals surface area contributed by atoms with Gasteiger partial charge in [-0.3, -0.25) is 9.17 Å². The number of aliphatic hydroxyl groups excluding tert-OH is 2. The van der Waals surface area contributed by atoms with Crippen LogP contribution in [0.1, 0.15) is 71.5 Å². The van der Waals surface area contributed by atoms with Crippen LogP contribution >= 0.6 is 0 Å². The van der Waals surface area contributed by atoms with Gasteiger partial charge in [-0.15, -0.1) is 0 Å². The van der Waals surface area contributed by atoms with E-state index in [1.807, 2.05) is 19.1 Å². The van der Waals surface area contributed by atoms with Crippen LogP contribution in [0.5, 0.6) is 0 Å². The standard InChI is InChI=1S/C29H41N3O6S/c1-4-9-22(21-11-8-6-7-10-18(3)14-19(21)5-2)26-16-25-29(38-26)23(12-13-31-25)32-24-15-20(27(33)28(24)34)17-37-39(30,35)36/h4-5,9,12-13,16,18,20,24,27-28,33-34H,6-8,10-11,14-15,17H2,1-3H3,(H,31,32)(H2,30,35,36)/b9-4-,19-5-,22-21+/t18?,20-,24-,27-,28+/m1/s1. The molecule has 5 N–H and O–H groups in total. The summed E-state index contributed by atoms with van der Waals surface area (Å²) < 4.78 is 33.5. The van der Waals surface area contributed by atoms with Crippen molar-refractivity contribution in [3.63, 3.8) is 0 Å². The number of nitrogens with one attached hydrogen (secondary N) is 1. The Balaban J connectivity index is 1.66. The average Bonchev–Trinajstić information content (AvgIpc) is 3.46. The number of allylic oxidation sites excluding steroid dienone is 6. The fourth-order valence-corrected chi connectivity index (χ4v) is 6.19. The highest BCUT2D eigenvalue weighted by Gasteiger charge is 2.42. The van der Waals surface area contributed by atoms with Crippen molar-refractivity contribution in [3.8, 4) is 0 Å². The molecule has 5 atom stereocenters. The van der Waals surface area contributed by atoms with Crippen LogP contribution in [-0.4, -0.2) is 48.5 Å². The Morgan fingerprint density at radius 1 is 1.26 bits per heavy atom. The number of nitrogens with zero attached hydrogens (tertiary/aromatic N) is 1. The van der Waals surface area contributed by atoms with E-state index in [1.165, 1.54) is 30.4 Å². The van der Waals surface area contributed by atoms with E-state index >= 15 is 0 Å². The maximum Gasteiger partial charge on any atom is 0.333 e. The SMILES string of the molecule is C\C=C/C(=C1/CCCCCC(C)C/C1=C/C)c1cc2nccc(N[C@@H]3C[C@H](COS(N)(=O)=O)[C@@H](O)[C@H]3O)c2o1. The zero-order chi connectivity index (χ0) is 28.2.